The van der Waals surface area contributed by atoms with Crippen molar-refractivity contribution in [1.82, 2.24) is 9.55 Å². The number of aromatic nitrogens is 2. The lowest BCUT2D eigenvalue weighted by atomic mass is 10.0. The molecule has 1 N–H and O–H groups in total. The van der Waals surface area contributed by atoms with Crippen LogP contribution in [0.4, 0.5) is 0 Å². The Labute approximate surface area is 89.4 Å². The fourth-order valence-corrected chi connectivity index (χ4v) is 1.91. The minimum absolute atomic E-state index is 0.156. The molecule has 0 radical (unpaired) electrons. The van der Waals surface area contributed by atoms with Crippen LogP contribution in [0.5, 0.6) is 0 Å². The molecular formula is C12H16N2O. The molecule has 1 heterocycles. The Morgan fingerprint density at radius 1 is 1.47 bits per heavy atom. The van der Waals surface area contributed by atoms with Crippen LogP contribution in [0.15, 0.2) is 18.2 Å². The Morgan fingerprint density at radius 2 is 2.20 bits per heavy atom. The first-order chi connectivity index (χ1) is 7.15. The SMILES string of the molecule is Cc1nc2cccc(C(C)CO)c2n1C. The van der Waals surface area contributed by atoms with E-state index >= 15 is 0 Å². The van der Waals surface area contributed by atoms with Gasteiger partial charge in [-0.25, -0.2) is 4.98 Å². The van der Waals surface area contributed by atoms with E-state index in [4.69, 9.17) is 0 Å². The van der Waals surface area contributed by atoms with Gasteiger partial charge in [0.2, 0.25) is 0 Å². The number of hydrogen-bond donors (Lipinski definition) is 1. The van der Waals surface area contributed by atoms with Gasteiger partial charge in [0.05, 0.1) is 11.0 Å². The highest BCUT2D eigenvalue weighted by Crippen LogP contribution is 2.25. The maximum absolute atomic E-state index is 9.22. The van der Waals surface area contributed by atoms with E-state index in [9.17, 15) is 5.11 Å². The Kier molecular flexibility index (Phi) is 2.49. The summed E-state index contributed by atoms with van der Waals surface area (Å²) in [5.41, 5.74) is 3.31. The van der Waals surface area contributed by atoms with Gasteiger partial charge in [-0.2, -0.15) is 0 Å². The topological polar surface area (TPSA) is 38.1 Å². The average Bonchev–Trinajstić information content (AvgIpc) is 2.54. The van der Waals surface area contributed by atoms with Crippen molar-refractivity contribution in [3.05, 3.63) is 29.6 Å². The zero-order valence-corrected chi connectivity index (χ0v) is 9.36. The molecule has 0 aliphatic carbocycles. The number of rotatable bonds is 2. The zero-order chi connectivity index (χ0) is 11.0. The van der Waals surface area contributed by atoms with E-state index < -0.39 is 0 Å². The fraction of sp³-hybridized carbons (Fsp3) is 0.417. The molecule has 0 bridgehead atoms. The lowest BCUT2D eigenvalue weighted by molar-refractivity contribution is 0.273. The van der Waals surface area contributed by atoms with Gasteiger partial charge >= 0.3 is 0 Å². The van der Waals surface area contributed by atoms with Crippen LogP contribution in [-0.4, -0.2) is 21.3 Å². The van der Waals surface area contributed by atoms with Gasteiger partial charge in [-0.05, 0) is 18.6 Å². The van der Waals surface area contributed by atoms with E-state index in [-0.39, 0.29) is 12.5 Å². The second-order valence-electron chi connectivity index (χ2n) is 4.02. The van der Waals surface area contributed by atoms with E-state index in [1.165, 1.54) is 0 Å². The lowest BCUT2D eigenvalue weighted by Crippen LogP contribution is -2.02. The van der Waals surface area contributed by atoms with Crippen LogP contribution in [0.2, 0.25) is 0 Å². The minimum Gasteiger partial charge on any atom is -0.396 e. The summed E-state index contributed by atoms with van der Waals surface area (Å²) in [6.45, 7) is 4.19. The highest BCUT2D eigenvalue weighted by Gasteiger charge is 2.12. The molecule has 0 amide bonds. The molecule has 1 unspecified atom stereocenters. The molecule has 0 saturated heterocycles. The number of imidazole rings is 1. The van der Waals surface area contributed by atoms with Gasteiger partial charge in [-0.1, -0.05) is 19.1 Å². The van der Waals surface area contributed by atoms with Gasteiger partial charge in [0.25, 0.3) is 0 Å². The third-order valence-corrected chi connectivity index (χ3v) is 2.95. The molecule has 0 spiro atoms. The molecule has 3 nitrogen and oxygen atoms in total. The number of para-hydroxylation sites is 1. The van der Waals surface area contributed by atoms with Crippen molar-refractivity contribution in [3.8, 4) is 0 Å². The fourth-order valence-electron chi connectivity index (χ4n) is 1.91. The van der Waals surface area contributed by atoms with E-state index in [1.807, 2.05) is 33.0 Å². The van der Waals surface area contributed by atoms with Crippen molar-refractivity contribution in [2.75, 3.05) is 6.61 Å². The van der Waals surface area contributed by atoms with Crippen LogP contribution >= 0.6 is 0 Å². The molecule has 3 heteroatoms. The van der Waals surface area contributed by atoms with Crippen LogP contribution in [0.25, 0.3) is 11.0 Å². The molecule has 0 aliphatic rings. The molecular weight excluding hydrogens is 188 g/mol. The Bertz CT molecular complexity index is 488. The molecule has 0 fully saturated rings. The number of fused-ring (bicyclic) bond motifs is 1. The highest BCUT2D eigenvalue weighted by atomic mass is 16.3. The number of aryl methyl sites for hydroxylation is 2. The Balaban J connectivity index is 2.74. The minimum atomic E-state index is 0.156. The van der Waals surface area contributed by atoms with Crippen LogP contribution in [0.1, 0.15) is 24.2 Å². The number of nitrogens with zero attached hydrogens (tertiary/aromatic N) is 2. The molecule has 1 aromatic carbocycles. The van der Waals surface area contributed by atoms with Gasteiger partial charge < -0.3 is 9.67 Å². The first-order valence-corrected chi connectivity index (χ1v) is 5.18. The van der Waals surface area contributed by atoms with Crippen molar-refractivity contribution in [1.29, 1.82) is 0 Å². The molecule has 0 aliphatic heterocycles. The van der Waals surface area contributed by atoms with Gasteiger partial charge in [0, 0.05) is 19.6 Å². The number of aliphatic hydroxyl groups excluding tert-OH is 1. The molecule has 2 rings (SSSR count). The lowest BCUT2D eigenvalue weighted by Gasteiger charge is -2.10. The summed E-state index contributed by atoms with van der Waals surface area (Å²) in [6, 6.07) is 6.07. The largest absolute Gasteiger partial charge is 0.396 e. The predicted molar refractivity (Wildman–Crippen MR) is 61.0 cm³/mol. The van der Waals surface area contributed by atoms with E-state index in [1.54, 1.807) is 0 Å². The number of hydrogen-bond acceptors (Lipinski definition) is 2. The standard InChI is InChI=1S/C12H16N2O/c1-8(7-15)10-5-4-6-11-12(10)14(3)9(2)13-11/h4-6,8,15H,7H2,1-3H3. The molecule has 80 valence electrons. The van der Waals surface area contributed by atoms with Crippen molar-refractivity contribution < 1.29 is 5.11 Å². The summed E-state index contributed by atoms with van der Waals surface area (Å²) >= 11 is 0. The summed E-state index contributed by atoms with van der Waals surface area (Å²) in [5.74, 6) is 1.16. The molecule has 1 aromatic heterocycles. The van der Waals surface area contributed by atoms with E-state index in [0.29, 0.717) is 0 Å². The average molecular weight is 204 g/mol. The summed E-state index contributed by atoms with van der Waals surface area (Å²) in [6.07, 6.45) is 0. The van der Waals surface area contributed by atoms with Gasteiger partial charge in [0.15, 0.2) is 0 Å². The zero-order valence-electron chi connectivity index (χ0n) is 9.36. The number of benzene rings is 1. The highest BCUT2D eigenvalue weighted by molar-refractivity contribution is 5.80. The molecule has 1 atom stereocenters. The van der Waals surface area contributed by atoms with Crippen molar-refractivity contribution in [2.24, 2.45) is 7.05 Å². The van der Waals surface area contributed by atoms with Crippen molar-refractivity contribution in [3.63, 3.8) is 0 Å². The first-order valence-electron chi connectivity index (χ1n) is 5.18. The van der Waals surface area contributed by atoms with E-state index in [0.717, 1.165) is 22.4 Å². The monoisotopic (exact) mass is 204 g/mol. The summed E-state index contributed by atoms with van der Waals surface area (Å²) in [4.78, 5) is 4.47. The summed E-state index contributed by atoms with van der Waals surface area (Å²) < 4.78 is 2.08. The molecule has 0 saturated carbocycles. The van der Waals surface area contributed by atoms with Gasteiger partial charge in [-0.15, -0.1) is 0 Å². The first kappa shape index (κ1) is 10.2. The quantitative estimate of drug-likeness (QED) is 0.812. The predicted octanol–water partition coefficient (Wildman–Crippen LogP) is 1.98. The third-order valence-electron chi connectivity index (χ3n) is 2.95. The maximum atomic E-state index is 9.22. The van der Waals surface area contributed by atoms with Gasteiger partial charge in [-0.3, -0.25) is 0 Å². The second-order valence-corrected chi connectivity index (χ2v) is 4.02. The second kappa shape index (κ2) is 3.66. The van der Waals surface area contributed by atoms with Crippen LogP contribution < -0.4 is 0 Å². The third kappa shape index (κ3) is 1.53. The Morgan fingerprint density at radius 3 is 2.87 bits per heavy atom. The molecule has 2 aromatic rings. The summed E-state index contributed by atoms with van der Waals surface area (Å²) in [7, 11) is 2.01. The number of aliphatic hydroxyl groups is 1. The van der Waals surface area contributed by atoms with Crippen LogP contribution in [0.3, 0.4) is 0 Å². The van der Waals surface area contributed by atoms with Gasteiger partial charge in [0.1, 0.15) is 5.82 Å². The maximum Gasteiger partial charge on any atom is 0.106 e. The smallest absolute Gasteiger partial charge is 0.106 e. The van der Waals surface area contributed by atoms with Crippen LogP contribution in [-0.2, 0) is 7.05 Å². The van der Waals surface area contributed by atoms with E-state index in [2.05, 4.69) is 15.6 Å². The Hall–Kier alpha value is -1.35. The van der Waals surface area contributed by atoms with Crippen molar-refractivity contribution >= 4 is 11.0 Å². The van der Waals surface area contributed by atoms with Crippen LogP contribution in [0, 0.1) is 6.92 Å². The summed E-state index contributed by atoms with van der Waals surface area (Å²) in [5, 5.41) is 9.22. The normalized spacial score (nSPS) is 13.3. The molecule has 15 heavy (non-hydrogen) atoms. The van der Waals surface area contributed by atoms with Crippen molar-refractivity contribution in [2.45, 2.75) is 19.8 Å².